The number of rotatable bonds is 8. The van der Waals surface area contributed by atoms with Crippen LogP contribution in [-0.4, -0.2) is 27.0 Å². The number of anilines is 1. The molecule has 3 aromatic carbocycles. The third-order valence-corrected chi connectivity index (χ3v) is 7.50. The van der Waals surface area contributed by atoms with E-state index in [1.54, 1.807) is 60.3 Å². The van der Waals surface area contributed by atoms with Crippen LogP contribution in [0, 0.1) is 6.92 Å². The molecule has 0 heterocycles. The number of ketones is 1. The Morgan fingerprint density at radius 2 is 1.60 bits per heavy atom. The summed E-state index contributed by atoms with van der Waals surface area (Å²) in [6.07, 6.45) is 2.11. The van der Waals surface area contributed by atoms with Crippen LogP contribution in [-0.2, 0) is 21.2 Å². The second-order valence-corrected chi connectivity index (χ2v) is 9.98. The highest BCUT2D eigenvalue weighted by Crippen LogP contribution is 2.26. The standard InChI is InChI=1S/C23H22ClNO3S2/c1-17-7-13-22(14-8-17)30(27,28)25(20-11-9-19(24)10-12-20)16-21(26)15-18-5-3-4-6-23(18)29-2/h3-14H,15-16H2,1-2H3. The van der Waals surface area contributed by atoms with Crippen molar-refractivity contribution in [3.05, 3.63) is 88.9 Å². The molecule has 3 aromatic rings. The first-order valence-electron chi connectivity index (χ1n) is 9.30. The Hall–Kier alpha value is -2.28. The lowest BCUT2D eigenvalue weighted by Crippen LogP contribution is -2.36. The molecule has 0 aromatic heterocycles. The Balaban J connectivity index is 1.94. The van der Waals surface area contributed by atoms with Gasteiger partial charge in [-0.15, -0.1) is 11.8 Å². The van der Waals surface area contributed by atoms with Gasteiger partial charge < -0.3 is 0 Å². The Labute approximate surface area is 186 Å². The van der Waals surface area contributed by atoms with E-state index in [1.807, 2.05) is 37.4 Å². The highest BCUT2D eigenvalue weighted by molar-refractivity contribution is 7.98. The van der Waals surface area contributed by atoms with Crippen LogP contribution in [0.3, 0.4) is 0 Å². The molecule has 3 rings (SSSR count). The molecule has 156 valence electrons. The first-order valence-corrected chi connectivity index (χ1v) is 12.3. The molecule has 0 fully saturated rings. The first-order chi connectivity index (χ1) is 14.3. The molecule has 4 nitrogen and oxygen atoms in total. The minimum atomic E-state index is -3.92. The number of benzene rings is 3. The van der Waals surface area contributed by atoms with Crippen molar-refractivity contribution in [2.75, 3.05) is 17.1 Å². The minimum absolute atomic E-state index is 0.139. The predicted octanol–water partition coefficient (Wildman–Crippen LogP) is 5.38. The molecule has 0 N–H and O–H groups in total. The summed E-state index contributed by atoms with van der Waals surface area (Å²) < 4.78 is 27.9. The van der Waals surface area contributed by atoms with Gasteiger partial charge >= 0.3 is 0 Å². The molecule has 0 unspecified atom stereocenters. The van der Waals surface area contributed by atoms with Crippen molar-refractivity contribution in [3.63, 3.8) is 0 Å². The third kappa shape index (κ3) is 5.25. The van der Waals surface area contributed by atoms with Crippen molar-refractivity contribution < 1.29 is 13.2 Å². The first kappa shape index (κ1) is 22.4. The number of thioether (sulfide) groups is 1. The van der Waals surface area contributed by atoms with E-state index >= 15 is 0 Å². The number of hydrogen-bond donors (Lipinski definition) is 0. The lowest BCUT2D eigenvalue weighted by atomic mass is 10.1. The summed E-state index contributed by atoms with van der Waals surface area (Å²) >= 11 is 7.53. The number of hydrogen-bond acceptors (Lipinski definition) is 4. The van der Waals surface area contributed by atoms with Gasteiger partial charge in [-0.2, -0.15) is 0 Å². The van der Waals surface area contributed by atoms with E-state index in [0.29, 0.717) is 10.7 Å². The fourth-order valence-corrected chi connectivity index (χ4v) is 5.23. The molecule has 0 amide bonds. The van der Waals surface area contributed by atoms with Crippen molar-refractivity contribution >= 4 is 44.9 Å². The highest BCUT2D eigenvalue weighted by atomic mass is 35.5. The van der Waals surface area contributed by atoms with Crippen LogP contribution >= 0.6 is 23.4 Å². The summed E-state index contributed by atoms with van der Waals surface area (Å²) in [6.45, 7) is 1.63. The Morgan fingerprint density at radius 3 is 2.23 bits per heavy atom. The molecule has 0 bridgehead atoms. The van der Waals surface area contributed by atoms with E-state index < -0.39 is 10.0 Å². The Bertz CT molecular complexity index is 1130. The van der Waals surface area contributed by atoms with Crippen LogP contribution < -0.4 is 4.31 Å². The van der Waals surface area contributed by atoms with Gasteiger partial charge in [0.25, 0.3) is 10.0 Å². The molecule has 0 radical (unpaired) electrons. The van der Waals surface area contributed by atoms with Gasteiger partial charge in [0.1, 0.15) is 0 Å². The van der Waals surface area contributed by atoms with Crippen molar-refractivity contribution in [2.24, 2.45) is 0 Å². The molecule has 0 saturated heterocycles. The zero-order chi connectivity index (χ0) is 21.7. The molecular weight excluding hydrogens is 438 g/mol. The molecule has 7 heteroatoms. The minimum Gasteiger partial charge on any atom is -0.297 e. The lowest BCUT2D eigenvalue weighted by Gasteiger charge is -2.24. The van der Waals surface area contributed by atoms with E-state index in [0.717, 1.165) is 20.3 Å². The van der Waals surface area contributed by atoms with Gasteiger partial charge in [-0.1, -0.05) is 47.5 Å². The maximum Gasteiger partial charge on any atom is 0.264 e. The topological polar surface area (TPSA) is 54.5 Å². The molecule has 0 spiro atoms. The summed E-state index contributed by atoms with van der Waals surface area (Å²) in [7, 11) is -3.92. The largest absolute Gasteiger partial charge is 0.297 e. The lowest BCUT2D eigenvalue weighted by molar-refractivity contribution is -0.117. The Kier molecular flexibility index (Phi) is 7.23. The summed E-state index contributed by atoms with van der Waals surface area (Å²) in [5.41, 5.74) is 2.24. The number of sulfonamides is 1. The number of Topliss-reactive ketones (excluding diaryl/α,β-unsaturated/α-hetero) is 1. The van der Waals surface area contributed by atoms with E-state index in [1.165, 1.54) is 0 Å². The van der Waals surface area contributed by atoms with Crippen LogP contribution in [0.25, 0.3) is 0 Å². The SMILES string of the molecule is CSc1ccccc1CC(=O)CN(c1ccc(Cl)cc1)S(=O)(=O)c1ccc(C)cc1. The van der Waals surface area contributed by atoms with Gasteiger partial charge in [0, 0.05) is 16.3 Å². The number of carbonyl (C=O) groups excluding carboxylic acids is 1. The molecular formula is C23H22ClNO3S2. The summed E-state index contributed by atoms with van der Waals surface area (Å²) in [4.78, 5) is 14.1. The van der Waals surface area contributed by atoms with Gasteiger partial charge in [0.05, 0.1) is 17.1 Å². The molecule has 0 aliphatic heterocycles. The smallest absolute Gasteiger partial charge is 0.264 e. The normalized spacial score (nSPS) is 11.3. The van der Waals surface area contributed by atoms with E-state index in [9.17, 15) is 13.2 Å². The Morgan fingerprint density at radius 1 is 0.967 bits per heavy atom. The van der Waals surface area contributed by atoms with E-state index in [4.69, 9.17) is 11.6 Å². The van der Waals surface area contributed by atoms with Gasteiger partial charge in [0.15, 0.2) is 5.78 Å². The predicted molar refractivity (Wildman–Crippen MR) is 124 cm³/mol. The van der Waals surface area contributed by atoms with Crippen molar-refractivity contribution in [1.82, 2.24) is 0 Å². The maximum atomic E-state index is 13.4. The van der Waals surface area contributed by atoms with Gasteiger partial charge in [0.2, 0.25) is 0 Å². The van der Waals surface area contributed by atoms with Crippen LogP contribution in [0.4, 0.5) is 5.69 Å². The molecule has 0 aliphatic carbocycles. The zero-order valence-corrected chi connectivity index (χ0v) is 19.1. The average Bonchev–Trinajstić information content (AvgIpc) is 2.73. The summed E-state index contributed by atoms with van der Waals surface area (Å²) in [6, 6.07) is 20.7. The van der Waals surface area contributed by atoms with Crippen molar-refractivity contribution in [2.45, 2.75) is 23.1 Å². The van der Waals surface area contributed by atoms with E-state index in [-0.39, 0.29) is 23.6 Å². The highest BCUT2D eigenvalue weighted by Gasteiger charge is 2.27. The fourth-order valence-electron chi connectivity index (χ4n) is 3.04. The van der Waals surface area contributed by atoms with E-state index in [2.05, 4.69) is 0 Å². The van der Waals surface area contributed by atoms with Crippen molar-refractivity contribution in [1.29, 1.82) is 0 Å². The van der Waals surface area contributed by atoms with Crippen LogP contribution in [0.1, 0.15) is 11.1 Å². The van der Waals surface area contributed by atoms with Gasteiger partial charge in [-0.25, -0.2) is 8.42 Å². The molecule has 0 aliphatic rings. The maximum absolute atomic E-state index is 13.4. The van der Waals surface area contributed by atoms with Crippen LogP contribution in [0.15, 0.2) is 82.6 Å². The van der Waals surface area contributed by atoms with Crippen LogP contribution in [0.5, 0.6) is 0 Å². The van der Waals surface area contributed by atoms with Gasteiger partial charge in [-0.3, -0.25) is 9.10 Å². The number of halogens is 1. The summed E-state index contributed by atoms with van der Waals surface area (Å²) in [5.74, 6) is -0.192. The second-order valence-electron chi connectivity index (χ2n) is 6.83. The number of carbonyl (C=O) groups is 1. The molecule has 0 saturated carbocycles. The number of aryl methyl sites for hydroxylation is 1. The number of nitrogens with zero attached hydrogens (tertiary/aromatic N) is 1. The van der Waals surface area contributed by atoms with Gasteiger partial charge in [-0.05, 0) is 61.2 Å². The molecule has 30 heavy (non-hydrogen) atoms. The van der Waals surface area contributed by atoms with Crippen LogP contribution in [0.2, 0.25) is 5.02 Å². The zero-order valence-electron chi connectivity index (χ0n) is 16.7. The quantitative estimate of drug-likeness (QED) is 0.424. The third-order valence-electron chi connectivity index (χ3n) is 4.62. The summed E-state index contributed by atoms with van der Waals surface area (Å²) in [5, 5.41) is 0.492. The second kappa shape index (κ2) is 9.69. The average molecular weight is 460 g/mol. The fraction of sp³-hybridized carbons (Fsp3) is 0.174. The molecule has 0 atom stereocenters. The monoisotopic (exact) mass is 459 g/mol. The van der Waals surface area contributed by atoms with Crippen molar-refractivity contribution in [3.8, 4) is 0 Å².